The number of anilines is 1. The maximum absolute atomic E-state index is 14.4. The summed E-state index contributed by atoms with van der Waals surface area (Å²) >= 11 is 0. The molecule has 0 saturated heterocycles. The molecule has 0 aromatic heterocycles. The molecule has 0 bridgehead atoms. The SMILES string of the molecule is CC(=O)N1CCCCCCCN(C(C)C)Cc2cc(-c3ccc(F)cc3F)ccc21. The molecule has 0 N–H and O–H groups in total. The van der Waals surface area contributed by atoms with E-state index in [0.717, 1.165) is 43.1 Å². The van der Waals surface area contributed by atoms with E-state index in [0.29, 0.717) is 30.3 Å². The number of halogens is 2. The van der Waals surface area contributed by atoms with Gasteiger partial charge in [-0.1, -0.05) is 25.3 Å². The molecule has 1 aliphatic heterocycles. The maximum Gasteiger partial charge on any atom is 0.223 e. The second kappa shape index (κ2) is 10.2. The molecule has 30 heavy (non-hydrogen) atoms. The Morgan fingerprint density at radius 2 is 1.63 bits per heavy atom. The smallest absolute Gasteiger partial charge is 0.223 e. The van der Waals surface area contributed by atoms with E-state index in [1.165, 1.54) is 25.0 Å². The van der Waals surface area contributed by atoms with E-state index in [1.807, 2.05) is 23.1 Å². The molecule has 0 atom stereocenters. The highest BCUT2D eigenvalue weighted by atomic mass is 19.1. The highest BCUT2D eigenvalue weighted by Gasteiger charge is 2.20. The third kappa shape index (κ3) is 5.45. The molecule has 0 aliphatic carbocycles. The van der Waals surface area contributed by atoms with Crippen LogP contribution in [0.15, 0.2) is 36.4 Å². The van der Waals surface area contributed by atoms with Crippen molar-refractivity contribution < 1.29 is 13.6 Å². The van der Waals surface area contributed by atoms with Crippen LogP contribution in [-0.2, 0) is 11.3 Å². The predicted molar refractivity (Wildman–Crippen MR) is 118 cm³/mol. The van der Waals surface area contributed by atoms with Crippen molar-refractivity contribution in [2.45, 2.75) is 65.5 Å². The first kappa shape index (κ1) is 22.4. The minimum atomic E-state index is -0.587. The van der Waals surface area contributed by atoms with Gasteiger partial charge in [0.1, 0.15) is 11.6 Å². The number of rotatable bonds is 2. The number of fused-ring (bicyclic) bond motifs is 1. The molecule has 1 heterocycles. The van der Waals surface area contributed by atoms with Crippen molar-refractivity contribution in [1.82, 2.24) is 4.90 Å². The van der Waals surface area contributed by atoms with Gasteiger partial charge in [0, 0.05) is 43.4 Å². The first-order valence-electron chi connectivity index (χ1n) is 11.0. The van der Waals surface area contributed by atoms with Crippen LogP contribution in [0, 0.1) is 11.6 Å². The van der Waals surface area contributed by atoms with Crippen LogP contribution in [0.5, 0.6) is 0 Å². The zero-order valence-electron chi connectivity index (χ0n) is 18.3. The lowest BCUT2D eigenvalue weighted by Gasteiger charge is -2.31. The van der Waals surface area contributed by atoms with Gasteiger partial charge in [-0.05, 0) is 68.6 Å². The number of hydrogen-bond donors (Lipinski definition) is 0. The van der Waals surface area contributed by atoms with E-state index in [9.17, 15) is 13.6 Å². The average molecular weight is 415 g/mol. The van der Waals surface area contributed by atoms with Crippen LogP contribution in [0.2, 0.25) is 0 Å². The van der Waals surface area contributed by atoms with Gasteiger partial charge in [0.2, 0.25) is 5.91 Å². The van der Waals surface area contributed by atoms with Crippen molar-refractivity contribution in [3.8, 4) is 11.1 Å². The van der Waals surface area contributed by atoms with Gasteiger partial charge >= 0.3 is 0 Å². The Morgan fingerprint density at radius 3 is 2.30 bits per heavy atom. The van der Waals surface area contributed by atoms with Gasteiger partial charge in [0.15, 0.2) is 0 Å². The Hall–Kier alpha value is -2.27. The quantitative estimate of drug-likeness (QED) is 0.588. The number of benzene rings is 2. The van der Waals surface area contributed by atoms with Gasteiger partial charge in [0.05, 0.1) is 0 Å². The van der Waals surface area contributed by atoms with Crippen LogP contribution in [0.4, 0.5) is 14.5 Å². The fraction of sp³-hybridized carbons (Fsp3) is 0.480. The van der Waals surface area contributed by atoms with E-state index in [1.54, 1.807) is 6.92 Å². The second-order valence-electron chi connectivity index (χ2n) is 8.47. The fourth-order valence-corrected chi connectivity index (χ4v) is 4.17. The van der Waals surface area contributed by atoms with Crippen LogP contribution in [0.1, 0.15) is 58.4 Å². The summed E-state index contributed by atoms with van der Waals surface area (Å²) in [4.78, 5) is 16.7. The lowest BCUT2D eigenvalue weighted by atomic mass is 9.99. The summed E-state index contributed by atoms with van der Waals surface area (Å²) in [5.41, 5.74) is 2.96. The van der Waals surface area contributed by atoms with Crippen molar-refractivity contribution in [2.75, 3.05) is 18.0 Å². The number of hydrogen-bond acceptors (Lipinski definition) is 2. The number of carbonyl (C=O) groups is 1. The van der Waals surface area contributed by atoms with E-state index >= 15 is 0 Å². The van der Waals surface area contributed by atoms with Gasteiger partial charge in [-0.2, -0.15) is 0 Å². The standard InChI is InChI=1S/C25H32F2N2O/c1-18(2)28-13-7-5-4-6-8-14-29(19(3)30)25-12-9-20(15-21(25)17-28)23-11-10-22(26)16-24(23)27/h9-12,15-16,18H,4-8,13-14,17H2,1-3H3. The van der Waals surface area contributed by atoms with Crippen molar-refractivity contribution in [3.05, 3.63) is 53.6 Å². The van der Waals surface area contributed by atoms with E-state index in [4.69, 9.17) is 0 Å². The molecule has 2 aromatic carbocycles. The van der Waals surface area contributed by atoms with Crippen molar-refractivity contribution in [2.24, 2.45) is 0 Å². The summed E-state index contributed by atoms with van der Waals surface area (Å²) < 4.78 is 27.8. The van der Waals surface area contributed by atoms with Crippen LogP contribution in [0.3, 0.4) is 0 Å². The molecule has 2 aromatic rings. The highest BCUT2D eigenvalue weighted by Crippen LogP contribution is 2.31. The molecular formula is C25H32F2N2O. The van der Waals surface area contributed by atoms with Crippen LogP contribution in [-0.4, -0.2) is 29.9 Å². The molecule has 0 radical (unpaired) electrons. The molecule has 0 spiro atoms. The average Bonchev–Trinajstić information content (AvgIpc) is 2.68. The normalized spacial score (nSPS) is 16.7. The summed E-state index contributed by atoms with van der Waals surface area (Å²) in [6.45, 7) is 8.33. The van der Waals surface area contributed by atoms with Gasteiger partial charge < -0.3 is 4.90 Å². The van der Waals surface area contributed by atoms with Gasteiger partial charge in [0.25, 0.3) is 0 Å². The Morgan fingerprint density at radius 1 is 0.933 bits per heavy atom. The summed E-state index contributed by atoms with van der Waals surface area (Å²) in [7, 11) is 0. The van der Waals surface area contributed by atoms with Crippen molar-refractivity contribution in [3.63, 3.8) is 0 Å². The summed E-state index contributed by atoms with van der Waals surface area (Å²) in [6, 6.07) is 9.73. The number of amides is 1. The Kier molecular flexibility index (Phi) is 7.59. The zero-order valence-corrected chi connectivity index (χ0v) is 18.3. The van der Waals surface area contributed by atoms with Gasteiger partial charge in [-0.3, -0.25) is 9.69 Å². The fourth-order valence-electron chi connectivity index (χ4n) is 4.17. The Bertz CT molecular complexity index is 881. The molecular weight excluding hydrogens is 382 g/mol. The molecule has 1 aliphatic rings. The molecule has 0 saturated carbocycles. The summed E-state index contributed by atoms with van der Waals surface area (Å²) in [5.74, 6) is -1.14. The summed E-state index contributed by atoms with van der Waals surface area (Å²) in [5, 5.41) is 0. The van der Waals surface area contributed by atoms with E-state index < -0.39 is 11.6 Å². The maximum atomic E-state index is 14.4. The molecule has 0 unspecified atom stereocenters. The predicted octanol–water partition coefficient (Wildman–Crippen LogP) is 6.16. The molecule has 0 fully saturated rings. The minimum absolute atomic E-state index is 0.0186. The van der Waals surface area contributed by atoms with E-state index in [2.05, 4.69) is 18.7 Å². The van der Waals surface area contributed by atoms with Crippen LogP contribution < -0.4 is 4.90 Å². The number of carbonyl (C=O) groups excluding carboxylic acids is 1. The Balaban J connectivity index is 2.07. The molecule has 5 heteroatoms. The van der Waals surface area contributed by atoms with Crippen LogP contribution >= 0.6 is 0 Å². The van der Waals surface area contributed by atoms with Crippen molar-refractivity contribution >= 4 is 11.6 Å². The lowest BCUT2D eigenvalue weighted by molar-refractivity contribution is -0.116. The first-order valence-corrected chi connectivity index (χ1v) is 11.0. The molecule has 3 nitrogen and oxygen atoms in total. The zero-order chi connectivity index (χ0) is 21.7. The summed E-state index contributed by atoms with van der Waals surface area (Å²) in [6.07, 6.45) is 5.61. The van der Waals surface area contributed by atoms with Gasteiger partial charge in [-0.15, -0.1) is 0 Å². The lowest BCUT2D eigenvalue weighted by Crippen LogP contribution is -2.34. The van der Waals surface area contributed by atoms with Gasteiger partial charge in [-0.25, -0.2) is 8.78 Å². The highest BCUT2D eigenvalue weighted by molar-refractivity contribution is 5.92. The first-order chi connectivity index (χ1) is 14.4. The molecule has 1 amide bonds. The second-order valence-corrected chi connectivity index (χ2v) is 8.47. The molecule has 3 rings (SSSR count). The monoisotopic (exact) mass is 414 g/mol. The topological polar surface area (TPSA) is 23.6 Å². The molecule has 162 valence electrons. The number of nitrogens with zero attached hydrogens (tertiary/aromatic N) is 2. The third-order valence-electron chi connectivity index (χ3n) is 5.92. The largest absolute Gasteiger partial charge is 0.312 e. The minimum Gasteiger partial charge on any atom is -0.312 e. The van der Waals surface area contributed by atoms with Crippen LogP contribution in [0.25, 0.3) is 11.1 Å². The third-order valence-corrected chi connectivity index (χ3v) is 5.92. The van der Waals surface area contributed by atoms with E-state index in [-0.39, 0.29) is 5.91 Å². The van der Waals surface area contributed by atoms with Crippen molar-refractivity contribution in [1.29, 1.82) is 0 Å². The Labute approximate surface area is 178 Å².